The Morgan fingerprint density at radius 2 is 1.91 bits per heavy atom. The number of benzene rings is 2. The second kappa shape index (κ2) is 6.34. The molecule has 23 heavy (non-hydrogen) atoms. The summed E-state index contributed by atoms with van der Waals surface area (Å²) < 4.78 is 30.8. The quantitative estimate of drug-likeness (QED) is 0.939. The van der Waals surface area contributed by atoms with E-state index in [1.807, 2.05) is 49.4 Å². The van der Waals surface area contributed by atoms with E-state index in [1.165, 1.54) is 0 Å². The zero-order valence-corrected chi connectivity index (χ0v) is 14.1. The summed E-state index contributed by atoms with van der Waals surface area (Å²) in [6.45, 7) is 2.01. The molecule has 3 rings (SSSR count). The fraction of sp³-hybridized carbons (Fsp3) is 0.333. The van der Waals surface area contributed by atoms with E-state index in [0.29, 0.717) is 10.6 Å². The second-order valence-corrected chi connectivity index (χ2v) is 7.80. The molecule has 2 aromatic carbocycles. The van der Waals surface area contributed by atoms with Gasteiger partial charge in [-0.25, -0.2) is 8.42 Å². The minimum atomic E-state index is -3.36. The van der Waals surface area contributed by atoms with Crippen molar-refractivity contribution in [1.82, 2.24) is 5.32 Å². The van der Waals surface area contributed by atoms with Crippen molar-refractivity contribution in [3.8, 4) is 5.75 Å². The number of ether oxygens (including phenoxy) is 1. The van der Waals surface area contributed by atoms with Gasteiger partial charge in [0.05, 0.1) is 23.8 Å². The summed E-state index contributed by atoms with van der Waals surface area (Å²) in [7, 11) is -1.81. The SMILES string of the molecule is CC[C@H]1CS(=O)(=O)c2cc(OC)ccc2[C@@H](c2ccccc2)N1. The molecule has 0 aliphatic carbocycles. The van der Waals surface area contributed by atoms with E-state index < -0.39 is 9.84 Å². The first-order valence-corrected chi connectivity index (χ1v) is 9.42. The lowest BCUT2D eigenvalue weighted by Gasteiger charge is -2.22. The van der Waals surface area contributed by atoms with Crippen molar-refractivity contribution in [2.45, 2.75) is 30.3 Å². The second-order valence-electron chi connectivity index (χ2n) is 5.80. The van der Waals surface area contributed by atoms with Crippen molar-refractivity contribution in [2.24, 2.45) is 0 Å². The lowest BCUT2D eigenvalue weighted by Crippen LogP contribution is -2.35. The van der Waals surface area contributed by atoms with E-state index in [0.717, 1.165) is 17.5 Å². The van der Waals surface area contributed by atoms with Gasteiger partial charge in [0.25, 0.3) is 0 Å². The largest absolute Gasteiger partial charge is 0.497 e. The number of fused-ring (bicyclic) bond motifs is 1. The van der Waals surface area contributed by atoms with Crippen molar-refractivity contribution in [3.63, 3.8) is 0 Å². The predicted octanol–water partition coefficient (Wildman–Crippen LogP) is 2.94. The Kier molecular flexibility index (Phi) is 4.41. The van der Waals surface area contributed by atoms with E-state index in [9.17, 15) is 8.42 Å². The molecule has 0 aromatic heterocycles. The summed E-state index contributed by atoms with van der Waals surface area (Å²) in [6.07, 6.45) is 0.758. The lowest BCUT2D eigenvalue weighted by molar-refractivity contribution is 0.412. The van der Waals surface area contributed by atoms with Gasteiger partial charge in [-0.3, -0.25) is 0 Å². The Bertz CT molecular complexity index is 787. The van der Waals surface area contributed by atoms with Crippen LogP contribution in [-0.2, 0) is 9.84 Å². The number of sulfone groups is 1. The Hall–Kier alpha value is -1.85. The first-order valence-electron chi connectivity index (χ1n) is 7.77. The smallest absolute Gasteiger partial charge is 0.180 e. The number of hydrogen-bond donors (Lipinski definition) is 1. The van der Waals surface area contributed by atoms with E-state index in [1.54, 1.807) is 13.2 Å². The molecule has 1 N–H and O–H groups in total. The molecule has 0 bridgehead atoms. The van der Waals surface area contributed by atoms with Crippen LogP contribution in [0.25, 0.3) is 0 Å². The third kappa shape index (κ3) is 3.12. The molecule has 122 valence electrons. The molecule has 2 atom stereocenters. The van der Waals surface area contributed by atoms with Gasteiger partial charge in [0.2, 0.25) is 0 Å². The van der Waals surface area contributed by atoms with Crippen LogP contribution in [-0.4, -0.2) is 27.3 Å². The third-order valence-electron chi connectivity index (χ3n) is 4.32. The van der Waals surface area contributed by atoms with Crippen molar-refractivity contribution >= 4 is 9.84 Å². The monoisotopic (exact) mass is 331 g/mol. The molecular weight excluding hydrogens is 310 g/mol. The highest BCUT2D eigenvalue weighted by molar-refractivity contribution is 7.91. The van der Waals surface area contributed by atoms with Crippen molar-refractivity contribution < 1.29 is 13.2 Å². The molecule has 0 unspecified atom stereocenters. The number of nitrogens with one attached hydrogen (secondary N) is 1. The van der Waals surface area contributed by atoms with Gasteiger partial charge in [-0.2, -0.15) is 0 Å². The number of hydrogen-bond acceptors (Lipinski definition) is 4. The summed E-state index contributed by atoms with van der Waals surface area (Å²) in [6, 6.07) is 15.0. The van der Waals surface area contributed by atoms with Crippen LogP contribution in [0.1, 0.15) is 30.5 Å². The fourth-order valence-electron chi connectivity index (χ4n) is 3.03. The summed E-state index contributed by atoms with van der Waals surface area (Å²) in [5, 5.41) is 3.51. The zero-order valence-electron chi connectivity index (χ0n) is 13.3. The molecule has 0 radical (unpaired) electrons. The van der Waals surface area contributed by atoms with Crippen LogP contribution in [0.5, 0.6) is 5.75 Å². The van der Waals surface area contributed by atoms with Gasteiger partial charge >= 0.3 is 0 Å². The van der Waals surface area contributed by atoms with Crippen LogP contribution in [0.15, 0.2) is 53.4 Å². The molecule has 4 nitrogen and oxygen atoms in total. The van der Waals surface area contributed by atoms with E-state index >= 15 is 0 Å². The summed E-state index contributed by atoms with van der Waals surface area (Å²) >= 11 is 0. The highest BCUT2D eigenvalue weighted by Crippen LogP contribution is 2.34. The summed E-state index contributed by atoms with van der Waals surface area (Å²) in [4.78, 5) is 0.370. The first kappa shape index (κ1) is 16.0. The summed E-state index contributed by atoms with van der Waals surface area (Å²) in [5.41, 5.74) is 1.85. The minimum absolute atomic E-state index is 0.0800. The standard InChI is InChI=1S/C18H21NO3S/c1-3-14-12-23(20,21)17-11-15(22-2)9-10-16(17)18(19-14)13-7-5-4-6-8-13/h4-11,14,18-19H,3,12H2,1-2H3/t14-,18+/m0/s1. The van der Waals surface area contributed by atoms with Crippen LogP contribution in [0.4, 0.5) is 0 Å². The number of methoxy groups -OCH3 is 1. The van der Waals surface area contributed by atoms with Crippen LogP contribution in [0.2, 0.25) is 0 Å². The van der Waals surface area contributed by atoms with Gasteiger partial charge in [0.15, 0.2) is 9.84 Å². The van der Waals surface area contributed by atoms with Crippen LogP contribution in [0, 0.1) is 0 Å². The molecule has 0 fully saturated rings. The Balaban J connectivity index is 2.20. The topological polar surface area (TPSA) is 55.4 Å². The van der Waals surface area contributed by atoms with Crippen molar-refractivity contribution in [1.29, 1.82) is 0 Å². The van der Waals surface area contributed by atoms with Crippen LogP contribution >= 0.6 is 0 Å². The minimum Gasteiger partial charge on any atom is -0.497 e. The lowest BCUT2D eigenvalue weighted by atomic mass is 9.97. The highest BCUT2D eigenvalue weighted by atomic mass is 32.2. The first-order chi connectivity index (χ1) is 11.0. The van der Waals surface area contributed by atoms with Crippen molar-refractivity contribution in [3.05, 3.63) is 59.7 Å². The van der Waals surface area contributed by atoms with Crippen LogP contribution in [0.3, 0.4) is 0 Å². The average molecular weight is 331 g/mol. The van der Waals surface area contributed by atoms with E-state index in [2.05, 4.69) is 5.32 Å². The Morgan fingerprint density at radius 3 is 2.57 bits per heavy atom. The maximum absolute atomic E-state index is 12.8. The van der Waals surface area contributed by atoms with Crippen LogP contribution < -0.4 is 10.1 Å². The van der Waals surface area contributed by atoms with Gasteiger partial charge in [0, 0.05) is 6.04 Å². The Morgan fingerprint density at radius 1 is 1.17 bits per heavy atom. The average Bonchev–Trinajstić information content (AvgIpc) is 2.69. The maximum atomic E-state index is 12.8. The van der Waals surface area contributed by atoms with Gasteiger partial charge in [0.1, 0.15) is 5.75 Å². The molecule has 1 aliphatic rings. The molecule has 1 aliphatic heterocycles. The molecule has 0 amide bonds. The highest BCUT2D eigenvalue weighted by Gasteiger charge is 2.32. The molecule has 0 spiro atoms. The molecular formula is C18H21NO3S. The van der Waals surface area contributed by atoms with Gasteiger partial charge in [-0.05, 0) is 29.7 Å². The summed E-state index contributed by atoms with van der Waals surface area (Å²) in [5.74, 6) is 0.668. The Labute approximate surface area is 137 Å². The zero-order chi connectivity index (χ0) is 16.4. The number of rotatable bonds is 3. The molecule has 2 aromatic rings. The van der Waals surface area contributed by atoms with E-state index in [4.69, 9.17) is 4.74 Å². The molecule has 5 heteroatoms. The van der Waals surface area contributed by atoms with Gasteiger partial charge in [-0.15, -0.1) is 0 Å². The third-order valence-corrected chi connectivity index (χ3v) is 6.18. The normalized spacial score (nSPS) is 22.9. The predicted molar refractivity (Wildman–Crippen MR) is 90.5 cm³/mol. The van der Waals surface area contributed by atoms with Gasteiger partial charge < -0.3 is 10.1 Å². The molecule has 1 heterocycles. The maximum Gasteiger partial charge on any atom is 0.180 e. The van der Waals surface area contributed by atoms with Gasteiger partial charge in [-0.1, -0.05) is 43.3 Å². The van der Waals surface area contributed by atoms with E-state index in [-0.39, 0.29) is 17.8 Å². The fourth-order valence-corrected chi connectivity index (χ4v) is 4.92. The molecule has 0 saturated heterocycles. The molecule has 0 saturated carbocycles. The van der Waals surface area contributed by atoms with Crippen molar-refractivity contribution in [2.75, 3.05) is 12.9 Å².